The van der Waals surface area contributed by atoms with Crippen molar-refractivity contribution in [3.05, 3.63) is 100 Å². The Morgan fingerprint density at radius 3 is 2.53 bits per heavy atom. The maximum atomic E-state index is 13.1. The lowest BCUT2D eigenvalue weighted by molar-refractivity contribution is 0.0641. The lowest BCUT2D eigenvalue weighted by Gasteiger charge is -2.17. The lowest BCUT2D eigenvalue weighted by Crippen LogP contribution is -2.26. The van der Waals surface area contributed by atoms with Crippen molar-refractivity contribution in [3.63, 3.8) is 0 Å². The van der Waals surface area contributed by atoms with Crippen molar-refractivity contribution < 1.29 is 14.6 Å². The Balaban J connectivity index is 1.53. The molecule has 2 aromatic carbocycles. The Kier molecular flexibility index (Phi) is 8.02. The molecule has 4 rings (SSSR count). The summed E-state index contributed by atoms with van der Waals surface area (Å²) in [6.07, 6.45) is 3.02. The molecule has 0 radical (unpaired) electrons. The number of aryl methyl sites for hydroxylation is 2. The first-order valence-electron chi connectivity index (χ1n) is 12.5. The average Bonchev–Trinajstić information content (AvgIpc) is 2.87. The number of pyridine rings is 1. The quantitative estimate of drug-likeness (QED) is 0.303. The maximum Gasteiger partial charge on any atom is 0.277 e. The summed E-state index contributed by atoms with van der Waals surface area (Å²) in [4.78, 5) is 30.0. The summed E-state index contributed by atoms with van der Waals surface area (Å²) in [5, 5.41) is 17.0. The van der Waals surface area contributed by atoms with Crippen LogP contribution in [0.3, 0.4) is 0 Å². The number of nitrogens with zero attached hydrogens (tertiary/aromatic N) is 3. The van der Waals surface area contributed by atoms with Crippen molar-refractivity contribution in [1.82, 2.24) is 14.8 Å². The number of aromatic nitrogens is 3. The van der Waals surface area contributed by atoms with Gasteiger partial charge >= 0.3 is 0 Å². The SMILES string of the molecule is Cc1ccc(OCCCC(C)(C)O)cc1-c1ccnc(NC(=O)c2nn(-c3ccccc3)c(=O)cc2C)c1. The first-order chi connectivity index (χ1) is 18.1. The average molecular weight is 513 g/mol. The molecule has 4 aromatic rings. The molecule has 0 spiro atoms. The molecule has 2 heterocycles. The number of benzene rings is 2. The predicted molar refractivity (Wildman–Crippen MR) is 148 cm³/mol. The second kappa shape index (κ2) is 11.4. The van der Waals surface area contributed by atoms with Gasteiger partial charge in [-0.05, 0) is 99.2 Å². The van der Waals surface area contributed by atoms with E-state index in [1.165, 1.54) is 10.7 Å². The zero-order valence-electron chi connectivity index (χ0n) is 22.1. The summed E-state index contributed by atoms with van der Waals surface area (Å²) in [5.74, 6) is 0.631. The van der Waals surface area contributed by atoms with Crippen LogP contribution in [0.4, 0.5) is 5.82 Å². The van der Waals surface area contributed by atoms with Gasteiger partial charge < -0.3 is 15.2 Å². The minimum absolute atomic E-state index is 0.137. The molecule has 0 aliphatic rings. The van der Waals surface area contributed by atoms with E-state index >= 15 is 0 Å². The van der Waals surface area contributed by atoms with Crippen LogP contribution in [0.15, 0.2) is 77.7 Å². The van der Waals surface area contributed by atoms with Crippen molar-refractivity contribution in [2.45, 2.75) is 46.1 Å². The number of amides is 1. The fourth-order valence-electron chi connectivity index (χ4n) is 4.06. The number of anilines is 1. The molecule has 0 unspecified atom stereocenters. The third kappa shape index (κ3) is 6.72. The molecule has 0 atom stereocenters. The molecule has 196 valence electrons. The van der Waals surface area contributed by atoms with E-state index in [9.17, 15) is 14.7 Å². The molecule has 8 nitrogen and oxygen atoms in total. The fraction of sp³-hybridized carbons (Fsp3) is 0.267. The summed E-state index contributed by atoms with van der Waals surface area (Å²) in [5.41, 5.74) is 3.02. The third-order valence-electron chi connectivity index (χ3n) is 6.06. The van der Waals surface area contributed by atoms with Crippen LogP contribution in [-0.2, 0) is 0 Å². The van der Waals surface area contributed by atoms with Crippen LogP contribution in [0.1, 0.15) is 48.3 Å². The maximum absolute atomic E-state index is 13.1. The highest BCUT2D eigenvalue weighted by Gasteiger charge is 2.16. The molecule has 1 amide bonds. The minimum Gasteiger partial charge on any atom is -0.494 e. The molecule has 0 aliphatic carbocycles. The molecular weight excluding hydrogens is 480 g/mol. The Morgan fingerprint density at radius 1 is 1.03 bits per heavy atom. The molecule has 0 aliphatic heterocycles. The van der Waals surface area contributed by atoms with Gasteiger partial charge in [0.05, 0.1) is 17.9 Å². The number of ether oxygens (including phenoxy) is 1. The number of carbonyl (C=O) groups excluding carboxylic acids is 1. The zero-order valence-corrected chi connectivity index (χ0v) is 22.1. The van der Waals surface area contributed by atoms with Crippen molar-refractivity contribution in [2.24, 2.45) is 0 Å². The van der Waals surface area contributed by atoms with E-state index < -0.39 is 11.5 Å². The van der Waals surface area contributed by atoms with Crippen LogP contribution in [0, 0.1) is 13.8 Å². The van der Waals surface area contributed by atoms with Crippen molar-refractivity contribution in [2.75, 3.05) is 11.9 Å². The fourth-order valence-corrected chi connectivity index (χ4v) is 4.06. The van der Waals surface area contributed by atoms with E-state index in [1.807, 2.05) is 37.3 Å². The van der Waals surface area contributed by atoms with Crippen molar-refractivity contribution in [1.29, 1.82) is 0 Å². The van der Waals surface area contributed by atoms with Crippen molar-refractivity contribution >= 4 is 11.7 Å². The molecule has 2 aromatic heterocycles. The van der Waals surface area contributed by atoms with Crippen LogP contribution in [0.5, 0.6) is 5.75 Å². The van der Waals surface area contributed by atoms with E-state index in [0.717, 1.165) is 28.9 Å². The van der Waals surface area contributed by atoms with Crippen LogP contribution >= 0.6 is 0 Å². The number of hydrogen-bond acceptors (Lipinski definition) is 6. The summed E-state index contributed by atoms with van der Waals surface area (Å²) in [6, 6.07) is 19.9. The molecule has 8 heteroatoms. The molecule has 0 saturated carbocycles. The van der Waals surface area contributed by atoms with Gasteiger partial charge in [-0.25, -0.2) is 4.98 Å². The van der Waals surface area contributed by atoms with Gasteiger partial charge in [-0.15, -0.1) is 0 Å². The zero-order chi connectivity index (χ0) is 27.3. The Bertz CT molecular complexity index is 1490. The summed E-state index contributed by atoms with van der Waals surface area (Å²) in [7, 11) is 0. The number of hydrogen-bond donors (Lipinski definition) is 2. The molecule has 0 bridgehead atoms. The Morgan fingerprint density at radius 2 is 1.79 bits per heavy atom. The van der Waals surface area contributed by atoms with E-state index in [2.05, 4.69) is 15.4 Å². The topological polar surface area (TPSA) is 106 Å². The second-order valence-electron chi connectivity index (χ2n) is 9.89. The van der Waals surface area contributed by atoms with Gasteiger partial charge in [0.15, 0.2) is 5.69 Å². The van der Waals surface area contributed by atoms with E-state index in [4.69, 9.17) is 4.74 Å². The van der Waals surface area contributed by atoms with Gasteiger partial charge in [0, 0.05) is 12.3 Å². The normalized spacial score (nSPS) is 11.3. The number of nitrogens with one attached hydrogen (secondary N) is 1. The monoisotopic (exact) mass is 512 g/mol. The largest absolute Gasteiger partial charge is 0.494 e. The minimum atomic E-state index is -0.716. The highest BCUT2D eigenvalue weighted by Crippen LogP contribution is 2.29. The first-order valence-corrected chi connectivity index (χ1v) is 12.5. The third-order valence-corrected chi connectivity index (χ3v) is 6.06. The Hall–Kier alpha value is -4.30. The Labute approximate surface area is 222 Å². The van der Waals surface area contributed by atoms with Gasteiger partial charge in [-0.2, -0.15) is 9.78 Å². The van der Waals surface area contributed by atoms with Gasteiger partial charge in [0.25, 0.3) is 11.5 Å². The lowest BCUT2D eigenvalue weighted by atomic mass is 10.0. The van der Waals surface area contributed by atoms with Gasteiger partial charge in [-0.3, -0.25) is 9.59 Å². The van der Waals surface area contributed by atoms with Crippen LogP contribution < -0.4 is 15.6 Å². The summed E-state index contributed by atoms with van der Waals surface area (Å²) >= 11 is 0. The number of rotatable bonds is 9. The van der Waals surface area contributed by atoms with Gasteiger partial charge in [0.1, 0.15) is 11.6 Å². The first kappa shape index (κ1) is 26.8. The molecule has 38 heavy (non-hydrogen) atoms. The van der Waals surface area contributed by atoms with Crippen LogP contribution in [0.25, 0.3) is 16.8 Å². The van der Waals surface area contributed by atoms with E-state index in [-0.39, 0.29) is 11.3 Å². The highest BCUT2D eigenvalue weighted by molar-refractivity contribution is 6.03. The van der Waals surface area contributed by atoms with Gasteiger partial charge in [0.2, 0.25) is 0 Å². The highest BCUT2D eigenvalue weighted by atomic mass is 16.5. The number of carbonyl (C=O) groups is 1. The standard InChI is InChI=1S/C30H32N4O4/c1-20-11-12-24(38-16-8-14-30(3,4)37)19-25(20)22-13-15-31-26(18-22)32-29(36)28-21(2)17-27(35)34(33-28)23-9-6-5-7-10-23/h5-7,9-13,15,17-19,37H,8,14,16H2,1-4H3,(H,31,32,36). The smallest absolute Gasteiger partial charge is 0.277 e. The predicted octanol–water partition coefficient (Wildman–Crippen LogP) is 5.09. The second-order valence-corrected chi connectivity index (χ2v) is 9.89. The van der Waals surface area contributed by atoms with Crippen LogP contribution in [0.2, 0.25) is 0 Å². The summed E-state index contributed by atoms with van der Waals surface area (Å²) in [6.45, 7) is 7.76. The number of aliphatic hydroxyl groups is 1. The number of para-hydroxylation sites is 1. The molecule has 2 N–H and O–H groups in total. The van der Waals surface area contributed by atoms with E-state index in [1.54, 1.807) is 57.3 Å². The molecule has 0 fully saturated rings. The molecular formula is C30H32N4O4. The summed E-state index contributed by atoms with van der Waals surface area (Å²) < 4.78 is 7.12. The molecule has 0 saturated heterocycles. The van der Waals surface area contributed by atoms with E-state index in [0.29, 0.717) is 30.1 Å². The van der Waals surface area contributed by atoms with Gasteiger partial charge in [-0.1, -0.05) is 24.3 Å². The van der Waals surface area contributed by atoms with Crippen LogP contribution in [-0.4, -0.2) is 38.0 Å². The van der Waals surface area contributed by atoms with Crippen molar-refractivity contribution in [3.8, 4) is 22.6 Å².